The number of ether oxygens (including phenoxy) is 2. The molecule has 0 unspecified atom stereocenters. The average molecular weight is 210 g/mol. The van der Waals surface area contributed by atoms with Gasteiger partial charge in [-0.3, -0.25) is 0 Å². The molecule has 0 amide bonds. The lowest BCUT2D eigenvalue weighted by molar-refractivity contribution is 0.146. The Hall–Kier alpha value is -1.29. The third-order valence-corrected chi connectivity index (χ3v) is 1.84. The van der Waals surface area contributed by atoms with Crippen LogP contribution in [0.3, 0.4) is 0 Å². The second-order valence-electron chi connectivity index (χ2n) is 3.14. The van der Waals surface area contributed by atoms with Crippen molar-refractivity contribution in [2.75, 3.05) is 32.2 Å². The fourth-order valence-electron chi connectivity index (χ4n) is 1.09. The van der Waals surface area contributed by atoms with Crippen molar-refractivity contribution in [3.05, 3.63) is 18.3 Å². The lowest BCUT2D eigenvalue weighted by atomic mass is 10.4. The van der Waals surface area contributed by atoms with E-state index in [0.29, 0.717) is 13.2 Å². The molecule has 4 heteroatoms. The summed E-state index contributed by atoms with van der Waals surface area (Å²) in [6.07, 6.45) is 2.82. The monoisotopic (exact) mass is 210 g/mol. The fourth-order valence-corrected chi connectivity index (χ4v) is 1.09. The van der Waals surface area contributed by atoms with Crippen molar-refractivity contribution in [1.82, 2.24) is 4.98 Å². The number of pyridine rings is 1. The highest BCUT2D eigenvalue weighted by molar-refractivity contribution is 5.40. The molecule has 4 nitrogen and oxygen atoms in total. The SMILES string of the molecule is CCCNc1cc(OCCOC)ccn1. The molecule has 84 valence electrons. The number of aromatic nitrogens is 1. The Labute approximate surface area is 90.6 Å². The van der Waals surface area contributed by atoms with Gasteiger partial charge in [0.05, 0.1) is 6.61 Å². The van der Waals surface area contributed by atoms with Crippen LogP contribution in [0, 0.1) is 0 Å². The van der Waals surface area contributed by atoms with Crippen molar-refractivity contribution in [1.29, 1.82) is 0 Å². The van der Waals surface area contributed by atoms with Gasteiger partial charge >= 0.3 is 0 Å². The third kappa shape index (κ3) is 4.65. The van der Waals surface area contributed by atoms with E-state index in [1.54, 1.807) is 13.3 Å². The molecule has 1 aromatic rings. The zero-order chi connectivity index (χ0) is 10.9. The zero-order valence-corrected chi connectivity index (χ0v) is 9.32. The van der Waals surface area contributed by atoms with Crippen LogP contribution in [-0.2, 0) is 4.74 Å². The van der Waals surface area contributed by atoms with Gasteiger partial charge < -0.3 is 14.8 Å². The van der Waals surface area contributed by atoms with Crippen LogP contribution in [-0.4, -0.2) is 31.9 Å². The van der Waals surface area contributed by atoms with Gasteiger partial charge in [0.2, 0.25) is 0 Å². The molecule has 0 aliphatic rings. The van der Waals surface area contributed by atoms with Gasteiger partial charge in [0, 0.05) is 25.9 Å². The van der Waals surface area contributed by atoms with E-state index in [-0.39, 0.29) is 0 Å². The molecule has 0 aliphatic carbocycles. The number of nitrogens with one attached hydrogen (secondary N) is 1. The van der Waals surface area contributed by atoms with Crippen LogP contribution < -0.4 is 10.1 Å². The molecule has 1 N–H and O–H groups in total. The number of nitrogens with zero attached hydrogens (tertiary/aromatic N) is 1. The average Bonchev–Trinajstić information content (AvgIpc) is 2.27. The van der Waals surface area contributed by atoms with Gasteiger partial charge in [0.15, 0.2) is 0 Å². The fraction of sp³-hybridized carbons (Fsp3) is 0.545. The summed E-state index contributed by atoms with van der Waals surface area (Å²) in [5.41, 5.74) is 0. The van der Waals surface area contributed by atoms with E-state index in [0.717, 1.165) is 24.5 Å². The van der Waals surface area contributed by atoms with E-state index in [4.69, 9.17) is 9.47 Å². The summed E-state index contributed by atoms with van der Waals surface area (Å²) in [7, 11) is 1.66. The van der Waals surface area contributed by atoms with Crippen LogP contribution in [0.5, 0.6) is 5.75 Å². The van der Waals surface area contributed by atoms with E-state index in [9.17, 15) is 0 Å². The highest BCUT2D eigenvalue weighted by Crippen LogP contribution is 2.14. The first-order valence-corrected chi connectivity index (χ1v) is 5.18. The standard InChI is InChI=1S/C11H18N2O2/c1-3-5-12-11-9-10(4-6-13-11)15-8-7-14-2/h4,6,9H,3,5,7-8H2,1-2H3,(H,12,13). The molecule has 0 saturated carbocycles. The number of anilines is 1. The second kappa shape index (κ2) is 7.06. The zero-order valence-electron chi connectivity index (χ0n) is 9.32. The van der Waals surface area contributed by atoms with Crippen LogP contribution in [0.1, 0.15) is 13.3 Å². The van der Waals surface area contributed by atoms with Crippen LogP contribution in [0.4, 0.5) is 5.82 Å². The molecule has 15 heavy (non-hydrogen) atoms. The first-order chi connectivity index (χ1) is 7.36. The van der Waals surface area contributed by atoms with E-state index < -0.39 is 0 Å². The molecule has 0 bridgehead atoms. The molecule has 0 atom stereocenters. The number of methoxy groups -OCH3 is 1. The summed E-state index contributed by atoms with van der Waals surface area (Å²) in [4.78, 5) is 4.18. The minimum absolute atomic E-state index is 0.563. The summed E-state index contributed by atoms with van der Waals surface area (Å²) in [5.74, 6) is 1.67. The Morgan fingerprint density at radius 3 is 3.00 bits per heavy atom. The van der Waals surface area contributed by atoms with Crippen molar-refractivity contribution in [3.63, 3.8) is 0 Å². The van der Waals surface area contributed by atoms with Crippen molar-refractivity contribution >= 4 is 5.82 Å². The third-order valence-electron chi connectivity index (χ3n) is 1.84. The Morgan fingerprint density at radius 2 is 2.27 bits per heavy atom. The van der Waals surface area contributed by atoms with Gasteiger partial charge in [-0.2, -0.15) is 0 Å². The molecule has 1 rings (SSSR count). The van der Waals surface area contributed by atoms with Gasteiger partial charge in [-0.05, 0) is 12.5 Å². The van der Waals surface area contributed by atoms with Crippen LogP contribution >= 0.6 is 0 Å². The van der Waals surface area contributed by atoms with Crippen LogP contribution in [0.15, 0.2) is 18.3 Å². The molecule has 0 aromatic carbocycles. The Bertz CT molecular complexity index is 279. The first-order valence-electron chi connectivity index (χ1n) is 5.18. The van der Waals surface area contributed by atoms with Crippen LogP contribution in [0.2, 0.25) is 0 Å². The minimum atomic E-state index is 0.563. The van der Waals surface area contributed by atoms with E-state index in [1.807, 2.05) is 12.1 Å². The van der Waals surface area contributed by atoms with Gasteiger partial charge in [0.25, 0.3) is 0 Å². The normalized spacial score (nSPS) is 10.0. The predicted octanol–water partition coefficient (Wildman–Crippen LogP) is 1.93. The Morgan fingerprint density at radius 1 is 1.40 bits per heavy atom. The van der Waals surface area contributed by atoms with Gasteiger partial charge in [0.1, 0.15) is 18.2 Å². The maximum absolute atomic E-state index is 5.46. The largest absolute Gasteiger partial charge is 0.491 e. The Balaban J connectivity index is 2.42. The quantitative estimate of drug-likeness (QED) is 0.698. The van der Waals surface area contributed by atoms with Crippen molar-refractivity contribution in [3.8, 4) is 5.75 Å². The summed E-state index contributed by atoms with van der Waals surface area (Å²) < 4.78 is 10.4. The molecular formula is C11H18N2O2. The van der Waals surface area contributed by atoms with Crippen molar-refractivity contribution in [2.45, 2.75) is 13.3 Å². The molecule has 0 fully saturated rings. The van der Waals surface area contributed by atoms with Crippen molar-refractivity contribution in [2.24, 2.45) is 0 Å². The molecule has 1 heterocycles. The van der Waals surface area contributed by atoms with Crippen LogP contribution in [0.25, 0.3) is 0 Å². The molecular weight excluding hydrogens is 192 g/mol. The van der Waals surface area contributed by atoms with E-state index in [2.05, 4.69) is 17.2 Å². The summed E-state index contributed by atoms with van der Waals surface area (Å²) in [5, 5.41) is 3.20. The molecule has 0 spiro atoms. The lowest BCUT2D eigenvalue weighted by Gasteiger charge is -2.07. The molecule has 0 saturated heterocycles. The lowest BCUT2D eigenvalue weighted by Crippen LogP contribution is -2.05. The first kappa shape index (κ1) is 11.8. The summed E-state index contributed by atoms with van der Waals surface area (Å²) in [6.45, 7) is 4.20. The Kier molecular flexibility index (Phi) is 5.55. The molecule has 1 aromatic heterocycles. The van der Waals surface area contributed by atoms with Gasteiger partial charge in [-0.15, -0.1) is 0 Å². The van der Waals surface area contributed by atoms with Gasteiger partial charge in [-0.1, -0.05) is 6.92 Å². The topological polar surface area (TPSA) is 43.4 Å². The van der Waals surface area contributed by atoms with Crippen molar-refractivity contribution < 1.29 is 9.47 Å². The highest BCUT2D eigenvalue weighted by atomic mass is 16.5. The highest BCUT2D eigenvalue weighted by Gasteiger charge is 1.96. The summed E-state index contributed by atoms with van der Waals surface area (Å²) >= 11 is 0. The minimum Gasteiger partial charge on any atom is -0.491 e. The second-order valence-corrected chi connectivity index (χ2v) is 3.14. The van der Waals surface area contributed by atoms with Gasteiger partial charge in [-0.25, -0.2) is 4.98 Å². The molecule has 0 radical (unpaired) electrons. The molecule has 0 aliphatic heterocycles. The van der Waals surface area contributed by atoms with E-state index in [1.165, 1.54) is 0 Å². The number of hydrogen-bond acceptors (Lipinski definition) is 4. The summed E-state index contributed by atoms with van der Waals surface area (Å²) in [6, 6.07) is 3.73. The number of rotatable bonds is 7. The smallest absolute Gasteiger partial charge is 0.129 e. The maximum atomic E-state index is 5.46. The van der Waals surface area contributed by atoms with E-state index >= 15 is 0 Å². The number of hydrogen-bond donors (Lipinski definition) is 1. The maximum Gasteiger partial charge on any atom is 0.129 e. The predicted molar refractivity (Wildman–Crippen MR) is 60.4 cm³/mol.